The molecule has 3 rings (SSSR count). The minimum Gasteiger partial charge on any atom is -0.325 e. The second-order valence-electron chi connectivity index (χ2n) is 7.64. The van der Waals surface area contributed by atoms with Crippen molar-refractivity contribution in [1.29, 1.82) is 0 Å². The van der Waals surface area contributed by atoms with Crippen molar-refractivity contribution < 1.29 is 4.79 Å². The highest BCUT2D eigenvalue weighted by molar-refractivity contribution is 5.92. The lowest BCUT2D eigenvalue weighted by molar-refractivity contribution is -0.115. The molecule has 0 spiro atoms. The summed E-state index contributed by atoms with van der Waals surface area (Å²) in [5.41, 5.74) is 1.52. The van der Waals surface area contributed by atoms with E-state index in [0.29, 0.717) is 23.4 Å². The van der Waals surface area contributed by atoms with E-state index in [1.54, 1.807) is 0 Å². The Morgan fingerprint density at radius 3 is 2.57 bits per heavy atom. The second kappa shape index (κ2) is 5.13. The molecule has 2 aliphatic rings. The molecule has 3 unspecified atom stereocenters. The van der Waals surface area contributed by atoms with Gasteiger partial charge in [0, 0.05) is 11.7 Å². The van der Waals surface area contributed by atoms with Gasteiger partial charge >= 0.3 is 0 Å². The number of para-hydroxylation sites is 1. The van der Waals surface area contributed by atoms with Gasteiger partial charge < -0.3 is 10.6 Å². The van der Waals surface area contributed by atoms with Gasteiger partial charge in [-0.1, -0.05) is 39.0 Å². The van der Waals surface area contributed by atoms with Crippen molar-refractivity contribution >= 4 is 11.6 Å². The van der Waals surface area contributed by atoms with Crippen LogP contribution in [0.15, 0.2) is 30.3 Å². The maximum absolute atomic E-state index is 12.1. The van der Waals surface area contributed by atoms with Crippen LogP contribution >= 0.6 is 0 Å². The van der Waals surface area contributed by atoms with Crippen molar-refractivity contribution in [2.45, 2.75) is 46.1 Å². The zero-order valence-corrected chi connectivity index (χ0v) is 13.3. The summed E-state index contributed by atoms with van der Waals surface area (Å²) in [4.78, 5) is 12.1. The summed E-state index contributed by atoms with van der Waals surface area (Å²) in [5.74, 6) is 0.848. The molecule has 0 heterocycles. The smallest absolute Gasteiger partial charge is 0.238 e. The molecule has 2 bridgehead atoms. The number of hydrogen-bond acceptors (Lipinski definition) is 2. The molecule has 21 heavy (non-hydrogen) atoms. The number of anilines is 1. The summed E-state index contributed by atoms with van der Waals surface area (Å²) in [7, 11) is 0. The quantitative estimate of drug-likeness (QED) is 0.890. The van der Waals surface area contributed by atoms with Crippen LogP contribution in [0.1, 0.15) is 40.0 Å². The number of benzene rings is 1. The maximum atomic E-state index is 12.1. The molecule has 2 aliphatic carbocycles. The van der Waals surface area contributed by atoms with E-state index in [2.05, 4.69) is 31.4 Å². The van der Waals surface area contributed by atoms with Crippen molar-refractivity contribution in [1.82, 2.24) is 5.32 Å². The average molecular weight is 286 g/mol. The molecule has 1 amide bonds. The lowest BCUT2D eigenvalue weighted by Crippen LogP contribution is -2.52. The molecule has 0 aromatic heterocycles. The van der Waals surface area contributed by atoms with E-state index in [0.717, 1.165) is 11.6 Å². The molecule has 3 atom stereocenters. The summed E-state index contributed by atoms with van der Waals surface area (Å²) >= 11 is 0. The van der Waals surface area contributed by atoms with Crippen molar-refractivity contribution in [2.75, 3.05) is 11.9 Å². The molecule has 0 aliphatic heterocycles. The second-order valence-corrected chi connectivity index (χ2v) is 7.64. The lowest BCUT2D eigenvalue weighted by Gasteiger charge is -2.43. The predicted octanol–water partition coefficient (Wildman–Crippen LogP) is 3.43. The van der Waals surface area contributed by atoms with Gasteiger partial charge in [0.15, 0.2) is 0 Å². The minimum atomic E-state index is 0.0448. The first-order valence-electron chi connectivity index (χ1n) is 8.00. The first-order valence-corrected chi connectivity index (χ1v) is 8.00. The normalized spacial score (nSPS) is 33.1. The largest absolute Gasteiger partial charge is 0.325 e. The molecule has 2 fully saturated rings. The van der Waals surface area contributed by atoms with Crippen LogP contribution in [0.5, 0.6) is 0 Å². The SMILES string of the molecule is CC12CCC(C1)C(C)(C)C2NCC(=O)Nc1ccccc1. The van der Waals surface area contributed by atoms with Crippen LogP contribution in [0.4, 0.5) is 5.69 Å². The van der Waals surface area contributed by atoms with Crippen LogP contribution in [0, 0.1) is 16.7 Å². The Labute approximate surface area is 127 Å². The number of rotatable bonds is 4. The Hall–Kier alpha value is -1.35. The van der Waals surface area contributed by atoms with Crippen LogP contribution in [-0.2, 0) is 4.79 Å². The van der Waals surface area contributed by atoms with Gasteiger partial charge in [-0.3, -0.25) is 4.79 Å². The van der Waals surface area contributed by atoms with Gasteiger partial charge in [-0.05, 0) is 48.1 Å². The Balaban J connectivity index is 1.59. The van der Waals surface area contributed by atoms with E-state index in [9.17, 15) is 4.79 Å². The van der Waals surface area contributed by atoms with Crippen LogP contribution in [0.25, 0.3) is 0 Å². The Kier molecular flexibility index (Phi) is 3.56. The van der Waals surface area contributed by atoms with Crippen LogP contribution in [-0.4, -0.2) is 18.5 Å². The summed E-state index contributed by atoms with van der Waals surface area (Å²) in [6, 6.07) is 10.1. The Morgan fingerprint density at radius 1 is 1.24 bits per heavy atom. The fourth-order valence-electron chi connectivity index (χ4n) is 4.73. The molecule has 2 saturated carbocycles. The fraction of sp³-hybridized carbons (Fsp3) is 0.611. The molecular weight excluding hydrogens is 260 g/mol. The monoisotopic (exact) mass is 286 g/mol. The zero-order valence-electron chi connectivity index (χ0n) is 13.3. The van der Waals surface area contributed by atoms with E-state index in [1.807, 2.05) is 30.3 Å². The van der Waals surface area contributed by atoms with E-state index in [1.165, 1.54) is 19.3 Å². The summed E-state index contributed by atoms with van der Waals surface area (Å²) in [5, 5.41) is 6.50. The van der Waals surface area contributed by atoms with Gasteiger partial charge in [-0.2, -0.15) is 0 Å². The number of carbonyl (C=O) groups excluding carboxylic acids is 1. The first kappa shape index (κ1) is 14.6. The summed E-state index contributed by atoms with van der Waals surface area (Å²) in [6.45, 7) is 7.49. The molecular formula is C18H26N2O. The average Bonchev–Trinajstić information content (AvgIpc) is 2.90. The van der Waals surface area contributed by atoms with Crippen molar-refractivity contribution in [2.24, 2.45) is 16.7 Å². The Bertz CT molecular complexity index is 521. The fourth-order valence-corrected chi connectivity index (χ4v) is 4.73. The third-order valence-corrected chi connectivity index (χ3v) is 5.79. The summed E-state index contributed by atoms with van der Waals surface area (Å²) in [6.07, 6.45) is 3.94. The van der Waals surface area contributed by atoms with E-state index in [4.69, 9.17) is 0 Å². The van der Waals surface area contributed by atoms with Gasteiger partial charge in [-0.25, -0.2) is 0 Å². The number of amides is 1. The number of nitrogens with one attached hydrogen (secondary N) is 2. The number of carbonyl (C=O) groups is 1. The van der Waals surface area contributed by atoms with Crippen LogP contribution in [0.3, 0.4) is 0 Å². The van der Waals surface area contributed by atoms with Crippen LogP contribution in [0.2, 0.25) is 0 Å². The lowest BCUT2D eigenvalue weighted by atomic mass is 9.68. The summed E-state index contributed by atoms with van der Waals surface area (Å²) < 4.78 is 0. The van der Waals surface area contributed by atoms with E-state index >= 15 is 0 Å². The third-order valence-electron chi connectivity index (χ3n) is 5.79. The van der Waals surface area contributed by atoms with Gasteiger partial charge in [0.25, 0.3) is 0 Å². The Morgan fingerprint density at radius 2 is 1.95 bits per heavy atom. The third kappa shape index (κ3) is 2.59. The predicted molar refractivity (Wildman–Crippen MR) is 86.1 cm³/mol. The molecule has 0 saturated heterocycles. The molecule has 114 valence electrons. The molecule has 1 aromatic carbocycles. The van der Waals surface area contributed by atoms with Gasteiger partial charge in [0.2, 0.25) is 5.91 Å². The van der Waals surface area contributed by atoms with E-state index in [-0.39, 0.29) is 5.91 Å². The molecule has 0 radical (unpaired) electrons. The van der Waals surface area contributed by atoms with Crippen molar-refractivity contribution in [3.63, 3.8) is 0 Å². The van der Waals surface area contributed by atoms with Gasteiger partial charge in [0.05, 0.1) is 6.54 Å². The molecule has 3 nitrogen and oxygen atoms in total. The van der Waals surface area contributed by atoms with Crippen molar-refractivity contribution in [3.8, 4) is 0 Å². The number of fused-ring (bicyclic) bond motifs is 2. The minimum absolute atomic E-state index is 0.0448. The highest BCUT2D eigenvalue weighted by Crippen LogP contribution is 2.62. The highest BCUT2D eigenvalue weighted by atomic mass is 16.1. The molecule has 3 heteroatoms. The molecule has 1 aromatic rings. The van der Waals surface area contributed by atoms with Gasteiger partial charge in [-0.15, -0.1) is 0 Å². The van der Waals surface area contributed by atoms with Gasteiger partial charge in [0.1, 0.15) is 0 Å². The van der Waals surface area contributed by atoms with Crippen molar-refractivity contribution in [3.05, 3.63) is 30.3 Å². The number of hydrogen-bond donors (Lipinski definition) is 2. The molecule has 2 N–H and O–H groups in total. The maximum Gasteiger partial charge on any atom is 0.238 e. The highest BCUT2D eigenvalue weighted by Gasteiger charge is 2.58. The zero-order chi connectivity index (χ0) is 15.1. The van der Waals surface area contributed by atoms with Crippen LogP contribution < -0.4 is 10.6 Å². The standard InChI is InChI=1S/C18H26N2O/c1-17(2)13-9-10-18(3,11-13)16(17)19-12-15(21)20-14-7-5-4-6-8-14/h4-8,13,16,19H,9-12H2,1-3H3,(H,20,21). The first-order chi connectivity index (χ1) is 9.92. The topological polar surface area (TPSA) is 41.1 Å². The van der Waals surface area contributed by atoms with E-state index < -0.39 is 0 Å².